The molecule has 0 amide bonds. The largest absolute Gasteiger partial charge is 0.433 e. The molecular weight excluding hydrogens is 271 g/mol. The summed E-state index contributed by atoms with van der Waals surface area (Å²) in [6.07, 6.45) is 2.07. The fourth-order valence-electron chi connectivity index (χ4n) is 2.17. The van der Waals surface area contributed by atoms with Crippen LogP contribution in [0, 0.1) is 0 Å². The molecule has 2 rings (SSSR count). The Bertz CT molecular complexity index is 420. The second-order valence-electron chi connectivity index (χ2n) is 4.82. The number of aromatic nitrogens is 2. The minimum atomic E-state index is -4.44. The van der Waals surface area contributed by atoms with Gasteiger partial charge in [0.05, 0.1) is 6.10 Å². The van der Waals surface area contributed by atoms with Crippen molar-refractivity contribution in [3.05, 3.63) is 18.0 Å². The average molecular weight is 289 g/mol. The van der Waals surface area contributed by atoms with E-state index in [0.717, 1.165) is 44.6 Å². The van der Waals surface area contributed by atoms with E-state index in [2.05, 4.69) is 15.3 Å². The molecule has 1 aliphatic heterocycles. The highest BCUT2D eigenvalue weighted by Crippen LogP contribution is 2.27. The van der Waals surface area contributed by atoms with Crippen molar-refractivity contribution >= 4 is 5.95 Å². The van der Waals surface area contributed by atoms with Gasteiger partial charge in [-0.05, 0) is 38.2 Å². The van der Waals surface area contributed by atoms with Crippen LogP contribution in [-0.2, 0) is 10.9 Å². The average Bonchev–Trinajstić information content (AvgIpc) is 2.44. The van der Waals surface area contributed by atoms with E-state index in [4.69, 9.17) is 4.74 Å². The van der Waals surface area contributed by atoms with Crippen LogP contribution in [0.4, 0.5) is 19.1 Å². The molecule has 1 atom stereocenters. The summed E-state index contributed by atoms with van der Waals surface area (Å²) in [6, 6.07) is 0.862. The molecule has 20 heavy (non-hydrogen) atoms. The first-order valence-electron chi connectivity index (χ1n) is 6.81. The van der Waals surface area contributed by atoms with Crippen LogP contribution in [-0.4, -0.2) is 29.2 Å². The first-order valence-corrected chi connectivity index (χ1v) is 6.81. The molecule has 7 heteroatoms. The monoisotopic (exact) mass is 289 g/mol. The molecule has 0 spiro atoms. The van der Waals surface area contributed by atoms with Gasteiger partial charge in [0.15, 0.2) is 0 Å². The maximum absolute atomic E-state index is 12.5. The lowest BCUT2D eigenvalue weighted by Crippen LogP contribution is -2.20. The Morgan fingerprint density at radius 2 is 2.20 bits per heavy atom. The zero-order chi connectivity index (χ0) is 14.4. The number of halogens is 3. The van der Waals surface area contributed by atoms with Crippen molar-refractivity contribution in [3.63, 3.8) is 0 Å². The second kappa shape index (κ2) is 6.88. The molecule has 0 radical (unpaired) electrons. The zero-order valence-electron chi connectivity index (χ0n) is 11.1. The lowest BCUT2D eigenvalue weighted by molar-refractivity contribution is -0.141. The highest BCUT2D eigenvalue weighted by Gasteiger charge is 2.32. The fraction of sp³-hybridized carbons (Fsp3) is 0.692. The van der Waals surface area contributed by atoms with Gasteiger partial charge in [-0.15, -0.1) is 0 Å². The minimum absolute atomic E-state index is 0.0180. The predicted molar refractivity (Wildman–Crippen MR) is 68.3 cm³/mol. The van der Waals surface area contributed by atoms with Gasteiger partial charge in [0.2, 0.25) is 5.95 Å². The number of rotatable bonds is 5. The SMILES string of the molecule is FC(F)(F)c1ccnc(NCCCC2CCCCO2)n1. The summed E-state index contributed by atoms with van der Waals surface area (Å²) in [7, 11) is 0. The van der Waals surface area contributed by atoms with Crippen LogP contribution < -0.4 is 5.32 Å². The third kappa shape index (κ3) is 4.63. The van der Waals surface area contributed by atoms with Crippen LogP contribution in [0.2, 0.25) is 0 Å². The molecule has 1 unspecified atom stereocenters. The van der Waals surface area contributed by atoms with Gasteiger partial charge in [0, 0.05) is 19.3 Å². The number of nitrogens with one attached hydrogen (secondary N) is 1. The molecule has 1 aromatic rings. The summed E-state index contributed by atoms with van der Waals surface area (Å²) >= 11 is 0. The Morgan fingerprint density at radius 1 is 1.35 bits per heavy atom. The van der Waals surface area contributed by atoms with Crippen molar-refractivity contribution < 1.29 is 17.9 Å². The van der Waals surface area contributed by atoms with Crippen molar-refractivity contribution in [3.8, 4) is 0 Å². The second-order valence-corrected chi connectivity index (χ2v) is 4.82. The van der Waals surface area contributed by atoms with Crippen LogP contribution in [0.5, 0.6) is 0 Å². The summed E-state index contributed by atoms with van der Waals surface area (Å²) in [4.78, 5) is 7.23. The Kier molecular flexibility index (Phi) is 5.17. The third-order valence-corrected chi connectivity index (χ3v) is 3.21. The maximum atomic E-state index is 12.5. The first-order chi connectivity index (χ1) is 9.55. The number of hydrogen-bond acceptors (Lipinski definition) is 4. The molecule has 2 heterocycles. The van der Waals surface area contributed by atoms with Gasteiger partial charge in [-0.3, -0.25) is 0 Å². The number of alkyl halides is 3. The van der Waals surface area contributed by atoms with E-state index >= 15 is 0 Å². The van der Waals surface area contributed by atoms with E-state index in [0.29, 0.717) is 6.54 Å². The van der Waals surface area contributed by atoms with Crippen molar-refractivity contribution in [1.29, 1.82) is 0 Å². The van der Waals surface area contributed by atoms with Crippen molar-refractivity contribution in [2.45, 2.75) is 44.4 Å². The molecule has 1 fully saturated rings. The fourth-order valence-corrected chi connectivity index (χ4v) is 2.17. The van der Waals surface area contributed by atoms with Gasteiger partial charge in [-0.1, -0.05) is 0 Å². The number of anilines is 1. The Balaban J connectivity index is 1.73. The van der Waals surface area contributed by atoms with Crippen LogP contribution in [0.1, 0.15) is 37.8 Å². The Hall–Kier alpha value is -1.37. The summed E-state index contributed by atoms with van der Waals surface area (Å²) in [6.45, 7) is 1.36. The van der Waals surface area contributed by atoms with Gasteiger partial charge in [0.1, 0.15) is 5.69 Å². The van der Waals surface area contributed by atoms with Gasteiger partial charge >= 0.3 is 6.18 Å². The molecule has 0 saturated carbocycles. The van der Waals surface area contributed by atoms with Gasteiger partial charge in [-0.25, -0.2) is 9.97 Å². The molecule has 1 aliphatic rings. The Morgan fingerprint density at radius 3 is 2.90 bits per heavy atom. The van der Waals surface area contributed by atoms with Gasteiger partial charge in [0.25, 0.3) is 0 Å². The smallest absolute Gasteiger partial charge is 0.378 e. The summed E-state index contributed by atoms with van der Waals surface area (Å²) in [5, 5.41) is 2.82. The molecule has 0 bridgehead atoms. The predicted octanol–water partition coefficient (Wildman–Crippen LogP) is 3.26. The molecule has 0 aromatic carbocycles. The number of nitrogens with zero attached hydrogens (tertiary/aromatic N) is 2. The highest BCUT2D eigenvalue weighted by atomic mass is 19.4. The van der Waals surface area contributed by atoms with E-state index in [9.17, 15) is 13.2 Å². The molecule has 1 aromatic heterocycles. The molecular formula is C13H18F3N3O. The Labute approximate surface area is 115 Å². The lowest BCUT2D eigenvalue weighted by atomic mass is 10.0. The topological polar surface area (TPSA) is 47.0 Å². The van der Waals surface area contributed by atoms with E-state index in [1.807, 2.05) is 0 Å². The van der Waals surface area contributed by atoms with Crippen LogP contribution in [0.15, 0.2) is 12.3 Å². The van der Waals surface area contributed by atoms with Crippen LogP contribution in [0.3, 0.4) is 0 Å². The van der Waals surface area contributed by atoms with Gasteiger partial charge < -0.3 is 10.1 Å². The molecule has 1 N–H and O–H groups in total. The third-order valence-electron chi connectivity index (χ3n) is 3.21. The standard InChI is InChI=1S/C13H18F3N3O/c14-13(15,16)11-6-8-18-12(19-11)17-7-3-5-10-4-1-2-9-20-10/h6,8,10H,1-5,7,9H2,(H,17,18,19). The molecule has 112 valence electrons. The maximum Gasteiger partial charge on any atom is 0.433 e. The van der Waals surface area contributed by atoms with E-state index in [1.165, 1.54) is 6.42 Å². The van der Waals surface area contributed by atoms with Crippen molar-refractivity contribution in [2.75, 3.05) is 18.5 Å². The first kappa shape index (κ1) is 15.0. The van der Waals surface area contributed by atoms with Crippen molar-refractivity contribution in [1.82, 2.24) is 9.97 Å². The summed E-state index contributed by atoms with van der Waals surface area (Å²) in [5.41, 5.74) is -0.925. The van der Waals surface area contributed by atoms with Crippen LogP contribution in [0.25, 0.3) is 0 Å². The lowest BCUT2D eigenvalue weighted by Gasteiger charge is -2.22. The summed E-state index contributed by atoms with van der Waals surface area (Å²) < 4.78 is 43.0. The number of hydrogen-bond donors (Lipinski definition) is 1. The zero-order valence-corrected chi connectivity index (χ0v) is 11.1. The van der Waals surface area contributed by atoms with E-state index in [-0.39, 0.29) is 12.1 Å². The highest BCUT2D eigenvalue weighted by molar-refractivity contribution is 5.25. The number of ether oxygens (including phenoxy) is 1. The molecule has 1 saturated heterocycles. The summed E-state index contributed by atoms with van der Waals surface area (Å²) in [5.74, 6) is 0.0180. The molecule has 4 nitrogen and oxygen atoms in total. The van der Waals surface area contributed by atoms with Gasteiger partial charge in [-0.2, -0.15) is 13.2 Å². The van der Waals surface area contributed by atoms with Crippen molar-refractivity contribution in [2.24, 2.45) is 0 Å². The quantitative estimate of drug-likeness (QED) is 0.845. The van der Waals surface area contributed by atoms with E-state index in [1.54, 1.807) is 0 Å². The molecule has 0 aliphatic carbocycles. The van der Waals surface area contributed by atoms with Crippen LogP contribution >= 0.6 is 0 Å². The minimum Gasteiger partial charge on any atom is -0.378 e. The normalized spacial score (nSPS) is 19.9. The van der Waals surface area contributed by atoms with E-state index < -0.39 is 11.9 Å².